The van der Waals surface area contributed by atoms with Crippen LogP contribution in [0.2, 0.25) is 10.0 Å². The number of nitrogens with one attached hydrogen (secondary N) is 1. The van der Waals surface area contributed by atoms with Gasteiger partial charge in [-0.3, -0.25) is 4.79 Å². The number of sulfonamides is 1. The summed E-state index contributed by atoms with van der Waals surface area (Å²) < 4.78 is 26.3. The molecule has 0 saturated heterocycles. The topological polar surface area (TPSA) is 66.5 Å². The van der Waals surface area contributed by atoms with Crippen molar-refractivity contribution in [1.82, 2.24) is 9.62 Å². The van der Waals surface area contributed by atoms with Crippen LogP contribution in [0.15, 0.2) is 23.1 Å². The van der Waals surface area contributed by atoms with Crippen LogP contribution < -0.4 is 5.32 Å². The molecule has 0 radical (unpaired) electrons. The van der Waals surface area contributed by atoms with E-state index in [1.807, 2.05) is 6.92 Å². The Balaban J connectivity index is 3.26. The maximum absolute atomic E-state index is 12.6. The maximum Gasteiger partial charge on any atom is 0.246 e. The van der Waals surface area contributed by atoms with Crippen LogP contribution in [0.5, 0.6) is 0 Å². The van der Waals surface area contributed by atoms with E-state index in [1.165, 1.54) is 19.2 Å². The van der Waals surface area contributed by atoms with E-state index in [4.69, 9.17) is 23.2 Å². The molecular formula is C12H16Cl2N2O3S. The Morgan fingerprint density at radius 2 is 1.85 bits per heavy atom. The first kappa shape index (κ1) is 17.2. The zero-order valence-electron chi connectivity index (χ0n) is 11.2. The van der Waals surface area contributed by atoms with Gasteiger partial charge in [0.1, 0.15) is 4.90 Å². The van der Waals surface area contributed by atoms with Gasteiger partial charge in [-0.2, -0.15) is 4.31 Å². The molecule has 0 fully saturated rings. The molecule has 5 nitrogen and oxygen atoms in total. The van der Waals surface area contributed by atoms with Crippen molar-refractivity contribution in [2.24, 2.45) is 0 Å². The first-order chi connectivity index (χ1) is 9.34. The molecule has 0 bridgehead atoms. The van der Waals surface area contributed by atoms with Crippen molar-refractivity contribution in [1.29, 1.82) is 0 Å². The molecular weight excluding hydrogens is 323 g/mol. The molecule has 20 heavy (non-hydrogen) atoms. The predicted octanol–water partition coefficient (Wildman–Crippen LogP) is 2.14. The Bertz CT molecular complexity index is 570. The van der Waals surface area contributed by atoms with E-state index in [-0.39, 0.29) is 28.0 Å². The third-order valence-electron chi connectivity index (χ3n) is 2.59. The number of amides is 1. The van der Waals surface area contributed by atoms with E-state index < -0.39 is 15.9 Å². The first-order valence-electron chi connectivity index (χ1n) is 5.99. The predicted molar refractivity (Wildman–Crippen MR) is 79.6 cm³/mol. The van der Waals surface area contributed by atoms with Crippen LogP contribution in [0.4, 0.5) is 0 Å². The standard InChI is InChI=1S/C12H16Cl2N2O3S/c1-3-7-16(8-11(17)15-2)20(18,19)12-9(13)5-4-6-10(12)14/h4-6H,3,7-8H2,1-2H3,(H,15,17). The number of carbonyl (C=O) groups is 1. The molecule has 0 atom stereocenters. The molecule has 1 aromatic carbocycles. The molecule has 112 valence electrons. The second kappa shape index (κ2) is 7.26. The summed E-state index contributed by atoms with van der Waals surface area (Å²) in [6.07, 6.45) is 0.568. The average Bonchev–Trinajstić information content (AvgIpc) is 2.37. The summed E-state index contributed by atoms with van der Waals surface area (Å²) in [4.78, 5) is 11.3. The normalized spacial score (nSPS) is 11.7. The highest BCUT2D eigenvalue weighted by Crippen LogP contribution is 2.31. The Hall–Kier alpha value is -0.820. The summed E-state index contributed by atoms with van der Waals surface area (Å²) in [5.41, 5.74) is 0. The molecule has 0 aromatic heterocycles. The van der Waals surface area contributed by atoms with Crippen LogP contribution >= 0.6 is 23.2 Å². The number of halogens is 2. The van der Waals surface area contributed by atoms with Gasteiger partial charge in [0.15, 0.2) is 0 Å². The molecule has 0 heterocycles. The number of hydrogen-bond donors (Lipinski definition) is 1. The van der Waals surface area contributed by atoms with Gasteiger partial charge in [0.05, 0.1) is 16.6 Å². The van der Waals surface area contributed by atoms with Crippen LogP contribution in [-0.4, -0.2) is 38.8 Å². The van der Waals surface area contributed by atoms with Crippen molar-refractivity contribution in [3.05, 3.63) is 28.2 Å². The van der Waals surface area contributed by atoms with E-state index in [9.17, 15) is 13.2 Å². The molecule has 8 heteroatoms. The number of rotatable bonds is 6. The summed E-state index contributed by atoms with van der Waals surface area (Å²) in [6, 6.07) is 4.46. The van der Waals surface area contributed by atoms with E-state index in [0.717, 1.165) is 4.31 Å². The highest BCUT2D eigenvalue weighted by Gasteiger charge is 2.29. The summed E-state index contributed by atoms with van der Waals surface area (Å²) in [5.74, 6) is -0.398. The monoisotopic (exact) mass is 338 g/mol. The lowest BCUT2D eigenvalue weighted by atomic mass is 10.4. The van der Waals surface area contributed by atoms with Gasteiger partial charge in [-0.25, -0.2) is 8.42 Å². The van der Waals surface area contributed by atoms with E-state index >= 15 is 0 Å². The van der Waals surface area contributed by atoms with Crippen LogP contribution in [-0.2, 0) is 14.8 Å². The van der Waals surface area contributed by atoms with Gasteiger partial charge in [-0.15, -0.1) is 0 Å². The van der Waals surface area contributed by atoms with Crippen LogP contribution in [0, 0.1) is 0 Å². The minimum atomic E-state index is -3.92. The zero-order valence-corrected chi connectivity index (χ0v) is 13.5. The lowest BCUT2D eigenvalue weighted by molar-refractivity contribution is -0.120. The quantitative estimate of drug-likeness (QED) is 0.864. The van der Waals surface area contributed by atoms with Crippen molar-refractivity contribution in [3.63, 3.8) is 0 Å². The third kappa shape index (κ3) is 3.85. The number of nitrogens with zero attached hydrogens (tertiary/aromatic N) is 1. The summed E-state index contributed by atoms with van der Waals surface area (Å²) in [6.45, 7) is 1.76. The molecule has 1 amide bonds. The lowest BCUT2D eigenvalue weighted by Gasteiger charge is -2.22. The third-order valence-corrected chi connectivity index (χ3v) is 5.39. The van der Waals surface area contributed by atoms with E-state index in [0.29, 0.717) is 6.42 Å². The molecule has 1 N–H and O–H groups in total. The minimum absolute atomic E-state index is 0.0375. The van der Waals surface area contributed by atoms with Crippen LogP contribution in [0.1, 0.15) is 13.3 Å². The summed E-state index contributed by atoms with van der Waals surface area (Å²) in [5, 5.41) is 2.47. The fraction of sp³-hybridized carbons (Fsp3) is 0.417. The minimum Gasteiger partial charge on any atom is -0.358 e. The molecule has 0 spiro atoms. The van der Waals surface area contributed by atoms with Gasteiger partial charge < -0.3 is 5.32 Å². The molecule has 1 aromatic rings. The largest absolute Gasteiger partial charge is 0.358 e. The molecule has 0 saturated carbocycles. The second-order valence-corrected chi connectivity index (χ2v) is 6.75. The molecule has 0 aliphatic heterocycles. The van der Waals surface area contributed by atoms with Crippen LogP contribution in [0.25, 0.3) is 0 Å². The molecule has 0 aliphatic rings. The van der Waals surface area contributed by atoms with Gasteiger partial charge in [0.2, 0.25) is 15.9 Å². The Kier molecular flexibility index (Phi) is 6.26. The molecule has 0 unspecified atom stereocenters. The van der Waals surface area contributed by atoms with Gasteiger partial charge in [-0.05, 0) is 18.6 Å². The highest BCUT2D eigenvalue weighted by atomic mass is 35.5. The number of benzene rings is 1. The second-order valence-electron chi connectivity index (χ2n) is 4.06. The van der Waals surface area contributed by atoms with Gasteiger partial charge in [0.25, 0.3) is 0 Å². The van der Waals surface area contributed by atoms with E-state index in [2.05, 4.69) is 5.32 Å². The summed E-state index contributed by atoms with van der Waals surface area (Å²) in [7, 11) is -2.48. The van der Waals surface area contributed by atoms with Crippen molar-refractivity contribution >= 4 is 39.1 Å². The molecule has 1 rings (SSSR count). The van der Waals surface area contributed by atoms with Crippen LogP contribution in [0.3, 0.4) is 0 Å². The Labute approximate surface area is 128 Å². The smallest absolute Gasteiger partial charge is 0.246 e. The zero-order chi connectivity index (χ0) is 15.3. The van der Waals surface area contributed by atoms with Crippen molar-refractivity contribution in [3.8, 4) is 0 Å². The SMILES string of the molecule is CCCN(CC(=O)NC)S(=O)(=O)c1c(Cl)cccc1Cl. The number of hydrogen-bond acceptors (Lipinski definition) is 3. The van der Waals surface area contributed by atoms with Gasteiger partial charge >= 0.3 is 0 Å². The molecule has 0 aliphatic carbocycles. The first-order valence-corrected chi connectivity index (χ1v) is 8.19. The lowest BCUT2D eigenvalue weighted by Crippen LogP contribution is -2.40. The average molecular weight is 339 g/mol. The van der Waals surface area contributed by atoms with E-state index in [1.54, 1.807) is 6.07 Å². The van der Waals surface area contributed by atoms with Crippen molar-refractivity contribution < 1.29 is 13.2 Å². The fourth-order valence-corrected chi connectivity index (χ4v) is 4.21. The van der Waals surface area contributed by atoms with Gasteiger partial charge in [0, 0.05) is 13.6 Å². The maximum atomic E-state index is 12.6. The number of likely N-dealkylation sites (N-methyl/N-ethyl adjacent to an activating group) is 1. The van der Waals surface area contributed by atoms with Crippen molar-refractivity contribution in [2.45, 2.75) is 18.2 Å². The number of carbonyl (C=O) groups excluding carboxylic acids is 1. The highest BCUT2D eigenvalue weighted by molar-refractivity contribution is 7.89. The fourth-order valence-electron chi connectivity index (χ4n) is 1.63. The Morgan fingerprint density at radius 3 is 2.30 bits per heavy atom. The Morgan fingerprint density at radius 1 is 1.30 bits per heavy atom. The van der Waals surface area contributed by atoms with Gasteiger partial charge in [-0.1, -0.05) is 36.2 Å². The summed E-state index contributed by atoms with van der Waals surface area (Å²) >= 11 is 11.9. The van der Waals surface area contributed by atoms with Crippen molar-refractivity contribution in [2.75, 3.05) is 20.1 Å².